The van der Waals surface area contributed by atoms with Crippen LogP contribution in [0.2, 0.25) is 0 Å². The number of carbonyl (C=O) groups excluding carboxylic acids is 2. The number of carbonyl (C=O) groups is 2. The van der Waals surface area contributed by atoms with Gasteiger partial charge in [-0.05, 0) is 68.9 Å². The van der Waals surface area contributed by atoms with Gasteiger partial charge in [-0.1, -0.05) is 38.2 Å². The zero-order chi connectivity index (χ0) is 25.2. The topological polar surface area (TPSA) is 106 Å². The van der Waals surface area contributed by atoms with E-state index in [-0.39, 0.29) is 24.1 Å². The Morgan fingerprint density at radius 1 is 1.06 bits per heavy atom. The summed E-state index contributed by atoms with van der Waals surface area (Å²) in [6.07, 6.45) is 9.43. The summed E-state index contributed by atoms with van der Waals surface area (Å²) in [5.41, 5.74) is 6.91. The Morgan fingerprint density at radius 3 is 2.40 bits per heavy atom. The first-order chi connectivity index (χ1) is 16.9. The normalized spacial score (nSPS) is 19.2. The Labute approximate surface area is 209 Å². The zero-order valence-corrected chi connectivity index (χ0v) is 21.6. The number of nitrogens with two attached hydrogens (primary N) is 1. The van der Waals surface area contributed by atoms with Gasteiger partial charge in [0.2, 0.25) is 5.91 Å². The van der Waals surface area contributed by atoms with Gasteiger partial charge in [-0.15, -0.1) is 0 Å². The van der Waals surface area contributed by atoms with Crippen molar-refractivity contribution in [2.45, 2.75) is 70.3 Å². The number of aliphatic imine (C=N–C) groups is 1. The molecule has 2 aliphatic rings. The lowest BCUT2D eigenvalue weighted by atomic mass is 9.82. The molecule has 194 valence electrons. The maximum absolute atomic E-state index is 13.3. The summed E-state index contributed by atoms with van der Waals surface area (Å²) in [5, 5.41) is 2.68. The number of piperidine rings is 1. The molecule has 3 N–H and O–H groups in total. The summed E-state index contributed by atoms with van der Waals surface area (Å²) < 4.78 is 10.6. The van der Waals surface area contributed by atoms with Crippen LogP contribution in [0.25, 0.3) is 0 Å². The number of ether oxygens (including phenoxy) is 2. The number of guanidine groups is 1. The van der Waals surface area contributed by atoms with Crippen molar-refractivity contribution in [3.8, 4) is 11.5 Å². The maximum atomic E-state index is 13.3. The fourth-order valence-corrected chi connectivity index (χ4v) is 5.24. The molecule has 1 amide bonds. The number of hydrogen-bond acceptors (Lipinski definition) is 6. The van der Waals surface area contributed by atoms with Gasteiger partial charge in [-0.25, -0.2) is 4.99 Å². The predicted molar refractivity (Wildman–Crippen MR) is 138 cm³/mol. The lowest BCUT2D eigenvalue weighted by Gasteiger charge is -2.30. The second-order valence-corrected chi connectivity index (χ2v) is 10.1. The number of amides is 1. The molecule has 1 heterocycles. The monoisotopic (exact) mass is 486 g/mol. The minimum absolute atomic E-state index is 0.0213. The molecule has 1 saturated heterocycles. The quantitative estimate of drug-likeness (QED) is 0.388. The van der Waals surface area contributed by atoms with Gasteiger partial charge in [0.25, 0.3) is 0 Å². The zero-order valence-electron chi connectivity index (χ0n) is 21.6. The first-order valence-corrected chi connectivity index (χ1v) is 12.9. The molecule has 1 atom stereocenters. The molecule has 1 aromatic carbocycles. The van der Waals surface area contributed by atoms with E-state index in [4.69, 9.17) is 15.2 Å². The number of benzene rings is 1. The third kappa shape index (κ3) is 8.53. The molecule has 1 aromatic rings. The third-order valence-corrected chi connectivity index (χ3v) is 7.36. The molecule has 0 spiro atoms. The Balaban J connectivity index is 1.63. The molecule has 35 heavy (non-hydrogen) atoms. The number of Topliss-reactive ketones (excluding diaryl/α,β-unsaturated/α-hetero) is 1. The summed E-state index contributed by atoms with van der Waals surface area (Å²) in [6.45, 7) is 2.06. The van der Waals surface area contributed by atoms with E-state index in [0.29, 0.717) is 29.8 Å². The van der Waals surface area contributed by atoms with Crippen LogP contribution in [-0.2, 0) is 16.0 Å². The largest absolute Gasteiger partial charge is 0.493 e. The van der Waals surface area contributed by atoms with Crippen LogP contribution in [0.4, 0.5) is 0 Å². The smallest absolute Gasteiger partial charge is 0.231 e. The molecular formula is C27H42N4O4. The van der Waals surface area contributed by atoms with Gasteiger partial charge in [0.1, 0.15) is 6.04 Å². The SMILES string of the molecule is COc1ccc(CC(=O)NC(N)=N[C@H](CC2CCCCC2)C(=O)CC2CCN(C)CC2)cc1OC. The number of rotatable bonds is 10. The van der Waals surface area contributed by atoms with E-state index in [1.54, 1.807) is 26.4 Å². The number of methoxy groups -OCH3 is 2. The van der Waals surface area contributed by atoms with Crippen molar-refractivity contribution in [2.75, 3.05) is 34.4 Å². The van der Waals surface area contributed by atoms with Gasteiger partial charge in [0.15, 0.2) is 23.2 Å². The number of hydrogen-bond donors (Lipinski definition) is 2. The van der Waals surface area contributed by atoms with Gasteiger partial charge in [0.05, 0.1) is 20.6 Å². The highest BCUT2D eigenvalue weighted by atomic mass is 16.5. The second-order valence-electron chi connectivity index (χ2n) is 10.1. The van der Waals surface area contributed by atoms with E-state index < -0.39 is 6.04 Å². The molecule has 0 aromatic heterocycles. The van der Waals surface area contributed by atoms with E-state index in [9.17, 15) is 9.59 Å². The lowest BCUT2D eigenvalue weighted by molar-refractivity contribution is -0.122. The molecule has 8 nitrogen and oxygen atoms in total. The van der Waals surface area contributed by atoms with Crippen LogP contribution in [0.3, 0.4) is 0 Å². The average molecular weight is 487 g/mol. The summed E-state index contributed by atoms with van der Waals surface area (Å²) in [4.78, 5) is 32.8. The van der Waals surface area contributed by atoms with E-state index in [1.807, 2.05) is 6.07 Å². The van der Waals surface area contributed by atoms with Crippen LogP contribution in [0, 0.1) is 11.8 Å². The molecule has 8 heteroatoms. The second kappa shape index (κ2) is 13.5. The Kier molecular flexibility index (Phi) is 10.4. The number of ketones is 1. The van der Waals surface area contributed by atoms with Crippen LogP contribution >= 0.6 is 0 Å². The minimum Gasteiger partial charge on any atom is -0.493 e. The summed E-state index contributed by atoms with van der Waals surface area (Å²) in [5.74, 6) is 1.96. The van der Waals surface area contributed by atoms with Gasteiger partial charge in [-0.2, -0.15) is 0 Å². The lowest BCUT2D eigenvalue weighted by Crippen LogP contribution is -2.40. The van der Waals surface area contributed by atoms with Gasteiger partial charge < -0.3 is 20.1 Å². The standard InChI is InChI=1S/C27H42N4O4/c1-31-13-11-20(12-14-31)16-23(32)22(15-19-7-5-4-6-8-19)29-27(28)30-26(33)18-21-9-10-24(34-2)25(17-21)35-3/h9-10,17,19-20,22H,4-8,11-16,18H2,1-3H3,(H3,28,29,30,33)/t22-/m1/s1. The Morgan fingerprint density at radius 2 is 1.74 bits per heavy atom. The highest BCUT2D eigenvalue weighted by Crippen LogP contribution is 2.30. The third-order valence-electron chi connectivity index (χ3n) is 7.36. The van der Waals surface area contributed by atoms with Crippen molar-refractivity contribution in [2.24, 2.45) is 22.6 Å². The molecule has 3 rings (SSSR count). The summed E-state index contributed by atoms with van der Waals surface area (Å²) in [7, 11) is 5.25. The summed E-state index contributed by atoms with van der Waals surface area (Å²) in [6, 6.07) is 4.86. The highest BCUT2D eigenvalue weighted by Gasteiger charge is 2.28. The van der Waals surface area contributed by atoms with Crippen LogP contribution < -0.4 is 20.5 Å². The highest BCUT2D eigenvalue weighted by molar-refractivity contribution is 5.98. The van der Waals surface area contributed by atoms with E-state index in [0.717, 1.165) is 50.8 Å². The maximum Gasteiger partial charge on any atom is 0.231 e. The Hall–Kier alpha value is -2.61. The van der Waals surface area contributed by atoms with Crippen LogP contribution in [0.15, 0.2) is 23.2 Å². The van der Waals surface area contributed by atoms with E-state index >= 15 is 0 Å². The number of nitrogens with zero attached hydrogens (tertiary/aromatic N) is 2. The molecule has 1 aliphatic carbocycles. The molecule has 0 radical (unpaired) electrons. The molecule has 1 aliphatic heterocycles. The first kappa shape index (κ1) is 27.0. The number of nitrogens with one attached hydrogen (secondary N) is 1. The van der Waals surface area contributed by atoms with Crippen LogP contribution in [0.5, 0.6) is 11.5 Å². The van der Waals surface area contributed by atoms with Gasteiger partial charge in [-0.3, -0.25) is 14.9 Å². The van der Waals surface area contributed by atoms with Gasteiger partial charge >= 0.3 is 0 Å². The van der Waals surface area contributed by atoms with Crippen molar-refractivity contribution in [1.29, 1.82) is 0 Å². The Bertz CT molecular complexity index is 874. The molecular weight excluding hydrogens is 444 g/mol. The van der Waals surface area contributed by atoms with Crippen LogP contribution in [-0.4, -0.2) is 62.9 Å². The van der Waals surface area contributed by atoms with E-state index in [1.165, 1.54) is 19.3 Å². The van der Waals surface area contributed by atoms with Crippen molar-refractivity contribution in [3.05, 3.63) is 23.8 Å². The van der Waals surface area contributed by atoms with Gasteiger partial charge in [0, 0.05) is 6.42 Å². The summed E-state index contributed by atoms with van der Waals surface area (Å²) >= 11 is 0. The number of likely N-dealkylation sites (tertiary alicyclic amines) is 1. The average Bonchev–Trinajstić information content (AvgIpc) is 2.85. The minimum atomic E-state index is -0.487. The molecule has 1 saturated carbocycles. The first-order valence-electron chi connectivity index (χ1n) is 12.9. The molecule has 0 bridgehead atoms. The molecule has 2 fully saturated rings. The fourth-order valence-electron chi connectivity index (χ4n) is 5.24. The van der Waals surface area contributed by atoms with Crippen molar-refractivity contribution in [1.82, 2.24) is 10.2 Å². The van der Waals surface area contributed by atoms with Crippen LogP contribution in [0.1, 0.15) is 63.4 Å². The molecule has 0 unspecified atom stereocenters. The van der Waals surface area contributed by atoms with Crippen molar-refractivity contribution in [3.63, 3.8) is 0 Å². The predicted octanol–water partition coefficient (Wildman–Crippen LogP) is 3.32. The van der Waals surface area contributed by atoms with Crippen molar-refractivity contribution < 1.29 is 19.1 Å². The fraction of sp³-hybridized carbons (Fsp3) is 0.667. The van der Waals surface area contributed by atoms with Crippen molar-refractivity contribution >= 4 is 17.6 Å². The van der Waals surface area contributed by atoms with E-state index in [2.05, 4.69) is 22.3 Å².